The summed E-state index contributed by atoms with van der Waals surface area (Å²) in [5.74, 6) is -0.245. The van der Waals surface area contributed by atoms with Gasteiger partial charge in [0.15, 0.2) is 0 Å². The second-order valence-corrected chi connectivity index (χ2v) is 5.16. The van der Waals surface area contributed by atoms with Crippen molar-refractivity contribution < 1.29 is 9.90 Å². The predicted molar refractivity (Wildman–Crippen MR) is 78.4 cm³/mol. The molecule has 1 atom stereocenters. The maximum atomic E-state index is 11.1. The molecule has 1 aromatic carbocycles. The Morgan fingerprint density at radius 2 is 1.58 bits per heavy atom. The lowest BCUT2D eigenvalue weighted by atomic mass is 9.97. The quantitative estimate of drug-likeness (QED) is 0.816. The van der Waals surface area contributed by atoms with Gasteiger partial charge in [-0.1, -0.05) is 52.0 Å². The molecule has 0 aliphatic rings. The van der Waals surface area contributed by atoms with Gasteiger partial charge in [0.1, 0.15) is 0 Å². The van der Waals surface area contributed by atoms with Gasteiger partial charge in [-0.2, -0.15) is 0 Å². The average Bonchev–Trinajstić information content (AvgIpc) is 2.38. The van der Waals surface area contributed by atoms with Crippen LogP contribution in [0.3, 0.4) is 0 Å². The number of rotatable bonds is 7. The molecule has 1 unspecified atom stereocenters. The molecule has 0 radical (unpaired) electrons. The molecule has 1 aromatic rings. The van der Waals surface area contributed by atoms with Crippen LogP contribution in [0, 0.1) is 0 Å². The Balaban J connectivity index is 2.99. The van der Waals surface area contributed by atoms with Gasteiger partial charge >= 0.3 is 5.97 Å². The van der Waals surface area contributed by atoms with E-state index in [1.165, 1.54) is 5.56 Å². The summed E-state index contributed by atoms with van der Waals surface area (Å²) >= 11 is 0. The third kappa shape index (κ3) is 4.35. The maximum Gasteiger partial charge on any atom is 0.305 e. The number of carboxylic acids is 1. The standard InChI is InChI=1S/C16H25NO2/c1-5-17(6-2)15(11-16(18)19)14-9-7-13(8-10-14)12(3)4/h7-10,12,15H,5-6,11H2,1-4H3,(H,18,19). The van der Waals surface area contributed by atoms with Crippen molar-refractivity contribution in [1.82, 2.24) is 4.90 Å². The van der Waals surface area contributed by atoms with Crippen molar-refractivity contribution in [3.63, 3.8) is 0 Å². The summed E-state index contributed by atoms with van der Waals surface area (Å²) in [5, 5.41) is 9.10. The zero-order valence-electron chi connectivity index (χ0n) is 12.4. The SMILES string of the molecule is CCN(CC)C(CC(=O)O)c1ccc(C(C)C)cc1. The minimum atomic E-state index is -0.746. The number of carboxylic acid groups (broad SMARTS) is 1. The van der Waals surface area contributed by atoms with E-state index >= 15 is 0 Å². The predicted octanol–water partition coefficient (Wildman–Crippen LogP) is 3.67. The van der Waals surface area contributed by atoms with E-state index in [2.05, 4.69) is 56.9 Å². The zero-order valence-corrected chi connectivity index (χ0v) is 12.4. The van der Waals surface area contributed by atoms with E-state index in [-0.39, 0.29) is 12.5 Å². The fourth-order valence-corrected chi connectivity index (χ4v) is 2.39. The van der Waals surface area contributed by atoms with Crippen LogP contribution in [0.4, 0.5) is 0 Å². The van der Waals surface area contributed by atoms with Gasteiger partial charge in [0.05, 0.1) is 6.42 Å². The van der Waals surface area contributed by atoms with Crippen molar-refractivity contribution in [1.29, 1.82) is 0 Å². The molecule has 0 amide bonds. The molecule has 0 spiro atoms. The van der Waals surface area contributed by atoms with Crippen molar-refractivity contribution >= 4 is 5.97 Å². The normalized spacial score (nSPS) is 12.9. The second kappa shape index (κ2) is 7.29. The molecule has 0 aromatic heterocycles. The van der Waals surface area contributed by atoms with Crippen molar-refractivity contribution in [2.24, 2.45) is 0 Å². The van der Waals surface area contributed by atoms with Crippen LogP contribution in [0.5, 0.6) is 0 Å². The van der Waals surface area contributed by atoms with Crippen LogP contribution in [-0.4, -0.2) is 29.1 Å². The fourth-order valence-electron chi connectivity index (χ4n) is 2.39. The first-order valence-corrected chi connectivity index (χ1v) is 7.05. The Labute approximate surface area is 116 Å². The highest BCUT2D eigenvalue weighted by Crippen LogP contribution is 2.26. The second-order valence-electron chi connectivity index (χ2n) is 5.16. The number of hydrogen-bond acceptors (Lipinski definition) is 2. The van der Waals surface area contributed by atoms with Crippen LogP contribution in [0.2, 0.25) is 0 Å². The summed E-state index contributed by atoms with van der Waals surface area (Å²) < 4.78 is 0. The summed E-state index contributed by atoms with van der Waals surface area (Å²) in [6, 6.07) is 8.33. The molecular formula is C16H25NO2. The number of hydrogen-bond donors (Lipinski definition) is 1. The highest BCUT2D eigenvalue weighted by Gasteiger charge is 2.21. The van der Waals surface area contributed by atoms with Gasteiger partial charge in [0.25, 0.3) is 0 Å². The number of aliphatic carboxylic acids is 1. The van der Waals surface area contributed by atoms with Crippen LogP contribution in [0.15, 0.2) is 24.3 Å². The van der Waals surface area contributed by atoms with Crippen molar-refractivity contribution in [3.8, 4) is 0 Å². The Hall–Kier alpha value is -1.35. The molecule has 0 saturated carbocycles. The molecule has 3 heteroatoms. The highest BCUT2D eigenvalue weighted by atomic mass is 16.4. The molecule has 0 aliphatic heterocycles. The first-order valence-electron chi connectivity index (χ1n) is 7.05. The molecule has 19 heavy (non-hydrogen) atoms. The fraction of sp³-hybridized carbons (Fsp3) is 0.562. The van der Waals surface area contributed by atoms with E-state index in [1.807, 2.05) is 0 Å². The molecule has 0 heterocycles. The average molecular weight is 263 g/mol. The summed E-state index contributed by atoms with van der Waals surface area (Å²) in [6.45, 7) is 10.2. The zero-order chi connectivity index (χ0) is 14.4. The summed E-state index contributed by atoms with van der Waals surface area (Å²) in [7, 11) is 0. The van der Waals surface area contributed by atoms with E-state index < -0.39 is 5.97 Å². The minimum absolute atomic E-state index is 0.0336. The van der Waals surface area contributed by atoms with Crippen LogP contribution in [0.1, 0.15) is 57.2 Å². The Kier molecular flexibility index (Phi) is 6.03. The molecule has 1 N–H and O–H groups in total. The topological polar surface area (TPSA) is 40.5 Å². The largest absolute Gasteiger partial charge is 0.481 e. The Morgan fingerprint density at radius 3 is 1.95 bits per heavy atom. The summed E-state index contributed by atoms with van der Waals surface area (Å²) in [5.41, 5.74) is 2.38. The van der Waals surface area contributed by atoms with Gasteiger partial charge in [-0.25, -0.2) is 0 Å². The van der Waals surface area contributed by atoms with E-state index in [0.29, 0.717) is 5.92 Å². The lowest BCUT2D eigenvalue weighted by molar-refractivity contribution is -0.138. The number of benzene rings is 1. The molecule has 3 nitrogen and oxygen atoms in total. The van der Waals surface area contributed by atoms with Crippen LogP contribution >= 0.6 is 0 Å². The van der Waals surface area contributed by atoms with Gasteiger partial charge in [0, 0.05) is 6.04 Å². The van der Waals surface area contributed by atoms with Gasteiger partial charge in [-0.3, -0.25) is 9.69 Å². The van der Waals surface area contributed by atoms with Gasteiger partial charge in [-0.15, -0.1) is 0 Å². The highest BCUT2D eigenvalue weighted by molar-refractivity contribution is 5.68. The van der Waals surface area contributed by atoms with E-state index in [0.717, 1.165) is 18.7 Å². The molecule has 1 rings (SSSR count). The van der Waals surface area contributed by atoms with Gasteiger partial charge < -0.3 is 5.11 Å². The number of nitrogens with zero attached hydrogens (tertiary/aromatic N) is 1. The summed E-state index contributed by atoms with van der Waals surface area (Å²) in [6.07, 6.45) is 0.155. The molecular weight excluding hydrogens is 238 g/mol. The van der Waals surface area contributed by atoms with Crippen molar-refractivity contribution in [2.45, 2.75) is 46.1 Å². The molecule has 0 saturated heterocycles. The first kappa shape index (κ1) is 15.7. The van der Waals surface area contributed by atoms with Gasteiger partial charge in [0.2, 0.25) is 0 Å². The maximum absolute atomic E-state index is 11.1. The molecule has 106 valence electrons. The third-order valence-electron chi connectivity index (χ3n) is 3.61. The molecule has 0 fully saturated rings. The smallest absolute Gasteiger partial charge is 0.305 e. The Morgan fingerprint density at radius 1 is 1.11 bits per heavy atom. The van der Waals surface area contributed by atoms with Crippen LogP contribution < -0.4 is 0 Å². The Bertz CT molecular complexity index is 394. The van der Waals surface area contributed by atoms with Crippen LogP contribution in [-0.2, 0) is 4.79 Å². The van der Waals surface area contributed by atoms with Crippen LogP contribution in [0.25, 0.3) is 0 Å². The van der Waals surface area contributed by atoms with Crippen molar-refractivity contribution in [3.05, 3.63) is 35.4 Å². The minimum Gasteiger partial charge on any atom is -0.481 e. The molecule has 0 aliphatic carbocycles. The number of carbonyl (C=O) groups is 1. The lowest BCUT2D eigenvalue weighted by Gasteiger charge is -2.29. The van der Waals surface area contributed by atoms with Crippen molar-refractivity contribution in [2.75, 3.05) is 13.1 Å². The van der Waals surface area contributed by atoms with Gasteiger partial charge in [-0.05, 0) is 30.1 Å². The third-order valence-corrected chi connectivity index (χ3v) is 3.61. The van der Waals surface area contributed by atoms with E-state index in [9.17, 15) is 4.79 Å². The van der Waals surface area contributed by atoms with E-state index in [4.69, 9.17) is 5.11 Å². The lowest BCUT2D eigenvalue weighted by Crippen LogP contribution is -2.30. The monoisotopic (exact) mass is 263 g/mol. The summed E-state index contributed by atoms with van der Waals surface area (Å²) in [4.78, 5) is 13.3. The van der Waals surface area contributed by atoms with E-state index in [1.54, 1.807) is 0 Å². The molecule has 0 bridgehead atoms. The first-order chi connectivity index (χ1) is 8.99.